The molecule has 0 amide bonds. The molecule has 0 aromatic carbocycles. The van der Waals surface area contributed by atoms with E-state index in [0.29, 0.717) is 0 Å². The third kappa shape index (κ3) is 3.34. The summed E-state index contributed by atoms with van der Waals surface area (Å²) in [5.41, 5.74) is 1.02. The van der Waals surface area contributed by atoms with Crippen LogP contribution >= 0.6 is 15.9 Å². The van der Waals surface area contributed by atoms with Gasteiger partial charge >= 0.3 is 0 Å². The fourth-order valence-electron chi connectivity index (χ4n) is 1.36. The van der Waals surface area contributed by atoms with Crippen LogP contribution < -0.4 is 5.32 Å². The summed E-state index contributed by atoms with van der Waals surface area (Å²) >= 11 is 3.43. The van der Waals surface area contributed by atoms with Gasteiger partial charge < -0.3 is 5.32 Å². The van der Waals surface area contributed by atoms with Crippen LogP contribution in [0.3, 0.4) is 0 Å². The van der Waals surface area contributed by atoms with Gasteiger partial charge in [-0.2, -0.15) is 0 Å². The Labute approximate surface area is 98.9 Å². The molecule has 1 aromatic heterocycles. The number of hydrogen-bond donors (Lipinski definition) is 1. The molecule has 0 radical (unpaired) electrons. The Balaban J connectivity index is 1.84. The molecule has 1 aromatic rings. The Morgan fingerprint density at radius 2 is 2.33 bits per heavy atom. The van der Waals surface area contributed by atoms with Gasteiger partial charge in [-0.05, 0) is 53.7 Å². The molecule has 0 saturated heterocycles. The molecule has 15 heavy (non-hydrogen) atoms. The molecule has 1 saturated carbocycles. The van der Waals surface area contributed by atoms with E-state index in [0.717, 1.165) is 28.4 Å². The van der Waals surface area contributed by atoms with Crippen LogP contribution in [0, 0.1) is 12.8 Å². The van der Waals surface area contributed by atoms with Crippen molar-refractivity contribution in [1.82, 2.24) is 4.98 Å². The first-order chi connectivity index (χ1) is 7.25. The molecule has 1 heterocycles. The van der Waals surface area contributed by atoms with Gasteiger partial charge in [-0.3, -0.25) is 0 Å². The number of pyridine rings is 1. The summed E-state index contributed by atoms with van der Waals surface area (Å²) < 4.78 is 1.06. The molecule has 0 unspecified atom stereocenters. The molecular weight excluding hydrogens is 252 g/mol. The molecule has 1 aliphatic carbocycles. The van der Waals surface area contributed by atoms with Crippen molar-refractivity contribution < 1.29 is 0 Å². The fraction of sp³-hybridized carbons (Fsp3) is 0.417. The number of hydrogen-bond acceptors (Lipinski definition) is 2. The van der Waals surface area contributed by atoms with Gasteiger partial charge in [-0.1, -0.05) is 12.2 Å². The first kappa shape index (κ1) is 10.7. The molecule has 2 nitrogen and oxygen atoms in total. The third-order valence-corrected chi connectivity index (χ3v) is 3.29. The molecule has 0 atom stereocenters. The van der Waals surface area contributed by atoms with Gasteiger partial charge in [0.25, 0.3) is 0 Å². The van der Waals surface area contributed by atoms with Crippen molar-refractivity contribution in [3.8, 4) is 0 Å². The van der Waals surface area contributed by atoms with Crippen molar-refractivity contribution in [2.75, 3.05) is 11.9 Å². The predicted molar refractivity (Wildman–Crippen MR) is 67.0 cm³/mol. The Morgan fingerprint density at radius 1 is 1.53 bits per heavy atom. The lowest BCUT2D eigenvalue weighted by atomic mass is 10.3. The molecule has 0 bridgehead atoms. The molecular formula is C12H15BrN2. The normalized spacial score (nSPS) is 15.9. The van der Waals surface area contributed by atoms with E-state index in [1.165, 1.54) is 12.8 Å². The zero-order chi connectivity index (χ0) is 10.7. The Hall–Kier alpha value is -0.830. The zero-order valence-corrected chi connectivity index (χ0v) is 10.4. The Bertz CT molecular complexity index is 370. The summed E-state index contributed by atoms with van der Waals surface area (Å²) in [7, 11) is 0. The van der Waals surface area contributed by atoms with Crippen LogP contribution in [-0.2, 0) is 0 Å². The highest BCUT2D eigenvalue weighted by Crippen LogP contribution is 2.29. The van der Waals surface area contributed by atoms with Crippen LogP contribution in [0.5, 0.6) is 0 Å². The average molecular weight is 267 g/mol. The van der Waals surface area contributed by atoms with Gasteiger partial charge in [0.2, 0.25) is 0 Å². The molecule has 0 spiro atoms. The molecule has 1 N–H and O–H groups in total. The second-order valence-electron chi connectivity index (χ2n) is 3.91. The summed E-state index contributed by atoms with van der Waals surface area (Å²) in [6.07, 6.45) is 7.22. The van der Waals surface area contributed by atoms with E-state index in [4.69, 9.17) is 0 Å². The van der Waals surface area contributed by atoms with E-state index in [9.17, 15) is 0 Å². The molecule has 1 aliphatic rings. The van der Waals surface area contributed by atoms with Gasteiger partial charge in [0.15, 0.2) is 0 Å². The highest BCUT2D eigenvalue weighted by molar-refractivity contribution is 9.10. The van der Waals surface area contributed by atoms with Crippen LogP contribution in [0.25, 0.3) is 0 Å². The number of aryl methyl sites for hydroxylation is 1. The first-order valence-corrected chi connectivity index (χ1v) is 6.08. The lowest BCUT2D eigenvalue weighted by molar-refractivity contribution is 1.10. The Morgan fingerprint density at radius 3 is 3.00 bits per heavy atom. The van der Waals surface area contributed by atoms with E-state index in [1.807, 2.05) is 19.1 Å². The zero-order valence-electron chi connectivity index (χ0n) is 8.83. The minimum atomic E-state index is 0.853. The van der Waals surface area contributed by atoms with E-state index in [-0.39, 0.29) is 0 Å². The molecule has 80 valence electrons. The van der Waals surface area contributed by atoms with Gasteiger partial charge in [-0.15, -0.1) is 0 Å². The number of anilines is 1. The van der Waals surface area contributed by atoms with Crippen molar-refractivity contribution in [3.05, 3.63) is 34.5 Å². The maximum atomic E-state index is 4.41. The van der Waals surface area contributed by atoms with E-state index >= 15 is 0 Å². The number of allylic oxidation sites excluding steroid dienone is 1. The number of aromatic nitrogens is 1. The van der Waals surface area contributed by atoms with Crippen molar-refractivity contribution in [2.45, 2.75) is 19.8 Å². The molecule has 0 aliphatic heterocycles. The summed E-state index contributed by atoms with van der Waals surface area (Å²) in [5.74, 6) is 1.79. The quantitative estimate of drug-likeness (QED) is 0.844. The second-order valence-corrected chi connectivity index (χ2v) is 4.76. The number of rotatable bonds is 4. The van der Waals surface area contributed by atoms with Crippen LogP contribution in [0.1, 0.15) is 18.5 Å². The highest BCUT2D eigenvalue weighted by Gasteiger charge is 2.16. The lowest BCUT2D eigenvalue weighted by Gasteiger charge is -2.04. The first-order valence-electron chi connectivity index (χ1n) is 5.29. The molecule has 3 heteroatoms. The van der Waals surface area contributed by atoms with Gasteiger partial charge in [-0.25, -0.2) is 4.98 Å². The van der Waals surface area contributed by atoms with Crippen LogP contribution in [-0.4, -0.2) is 11.5 Å². The monoisotopic (exact) mass is 266 g/mol. The largest absolute Gasteiger partial charge is 0.367 e. The van der Waals surface area contributed by atoms with Gasteiger partial charge in [0, 0.05) is 11.0 Å². The lowest BCUT2D eigenvalue weighted by Crippen LogP contribution is -2.01. The van der Waals surface area contributed by atoms with Crippen molar-refractivity contribution in [3.63, 3.8) is 0 Å². The molecule has 2 rings (SSSR count). The predicted octanol–water partition coefficient (Wildman–Crippen LogP) is 3.53. The number of nitrogens with zero attached hydrogens (tertiary/aromatic N) is 1. The van der Waals surface area contributed by atoms with Crippen molar-refractivity contribution >= 4 is 21.7 Å². The fourth-order valence-corrected chi connectivity index (χ4v) is 1.58. The van der Waals surface area contributed by atoms with Gasteiger partial charge in [0.05, 0.1) is 5.69 Å². The number of halogens is 1. The van der Waals surface area contributed by atoms with Crippen LogP contribution in [0.15, 0.2) is 28.8 Å². The maximum absolute atomic E-state index is 4.41. The third-order valence-electron chi connectivity index (χ3n) is 2.45. The van der Waals surface area contributed by atoms with E-state index < -0.39 is 0 Å². The minimum Gasteiger partial charge on any atom is -0.367 e. The number of nitrogens with one attached hydrogen (secondary N) is 1. The SMILES string of the molecule is Cc1nc(NC/C=C/C2CC2)ccc1Br. The van der Waals surface area contributed by atoms with Crippen molar-refractivity contribution in [1.29, 1.82) is 0 Å². The van der Waals surface area contributed by atoms with Crippen LogP contribution in [0.2, 0.25) is 0 Å². The van der Waals surface area contributed by atoms with E-state index in [2.05, 4.69) is 38.4 Å². The summed E-state index contributed by atoms with van der Waals surface area (Å²) in [4.78, 5) is 4.41. The Kier molecular flexibility index (Phi) is 3.41. The summed E-state index contributed by atoms with van der Waals surface area (Å²) in [6, 6.07) is 4.01. The van der Waals surface area contributed by atoms with Gasteiger partial charge in [0.1, 0.15) is 5.82 Å². The van der Waals surface area contributed by atoms with E-state index in [1.54, 1.807) is 0 Å². The topological polar surface area (TPSA) is 24.9 Å². The van der Waals surface area contributed by atoms with Crippen LogP contribution in [0.4, 0.5) is 5.82 Å². The summed E-state index contributed by atoms with van der Waals surface area (Å²) in [6.45, 7) is 2.86. The maximum Gasteiger partial charge on any atom is 0.126 e. The smallest absolute Gasteiger partial charge is 0.126 e. The average Bonchev–Trinajstić information content (AvgIpc) is 3.02. The second kappa shape index (κ2) is 4.79. The minimum absolute atomic E-state index is 0.853. The highest BCUT2D eigenvalue weighted by atomic mass is 79.9. The standard InChI is InChI=1S/C12H15BrN2/c1-9-11(13)6-7-12(15-9)14-8-2-3-10-4-5-10/h2-3,6-7,10H,4-5,8H2,1H3,(H,14,15)/b3-2+. The summed E-state index contributed by atoms with van der Waals surface area (Å²) in [5, 5.41) is 3.28. The molecule has 1 fully saturated rings. The van der Waals surface area contributed by atoms with Crippen molar-refractivity contribution in [2.24, 2.45) is 5.92 Å².